The van der Waals surface area contributed by atoms with Crippen LogP contribution in [0.4, 0.5) is 11.4 Å². The number of benzene rings is 1. The molecule has 8 nitrogen and oxygen atoms in total. The minimum absolute atomic E-state index is 0.0220. The molecule has 1 aliphatic heterocycles. The molecule has 4 rings (SSSR count). The zero-order valence-corrected chi connectivity index (χ0v) is 18.1. The minimum Gasteiger partial charge on any atom is -0.362 e. The van der Waals surface area contributed by atoms with Gasteiger partial charge in [-0.15, -0.1) is 0 Å². The molecule has 2 aliphatic rings. The highest BCUT2D eigenvalue weighted by molar-refractivity contribution is 6.09. The number of allylic oxidation sites excluding steroid dienone is 3. The number of non-ortho nitro benzene ring substituents is 1. The average Bonchev–Trinajstić information content (AvgIpc) is 2.72. The van der Waals surface area contributed by atoms with Crippen LogP contribution in [0.2, 0.25) is 0 Å². The summed E-state index contributed by atoms with van der Waals surface area (Å²) in [6.45, 7) is 5.90. The number of ketones is 1. The monoisotopic (exact) mass is 432 g/mol. The summed E-state index contributed by atoms with van der Waals surface area (Å²) in [7, 11) is 0. The van der Waals surface area contributed by atoms with E-state index in [1.54, 1.807) is 36.7 Å². The molecule has 1 aromatic carbocycles. The maximum atomic E-state index is 13.4. The standard InChI is InChI=1S/C24H24N4O4/c1-14-20(23(30)27-16-5-4-10-25-13-16)21(15-6-8-17(9-7-15)28(31)32)22-18(26-14)11-24(2,3)12-19(22)29/h4-10,13,21,26H,11-12H2,1-3H3,(H,27,30). The van der Waals surface area contributed by atoms with Gasteiger partial charge in [-0.25, -0.2) is 0 Å². The first kappa shape index (κ1) is 21.4. The van der Waals surface area contributed by atoms with Gasteiger partial charge in [-0.3, -0.25) is 24.7 Å². The number of nitrogens with zero attached hydrogens (tertiary/aromatic N) is 2. The van der Waals surface area contributed by atoms with E-state index in [1.165, 1.54) is 12.1 Å². The summed E-state index contributed by atoms with van der Waals surface area (Å²) in [6, 6.07) is 9.50. The SMILES string of the molecule is CC1=C(C(=O)Nc2cccnc2)C(c2ccc([N+](=O)[O-])cc2)C2=C(CC(C)(C)CC2=O)N1. The number of Topliss-reactive ketones (excluding diaryl/α,β-unsaturated/α-hetero) is 1. The van der Waals surface area contributed by atoms with Crippen LogP contribution in [0.15, 0.2) is 71.3 Å². The number of rotatable bonds is 4. The van der Waals surface area contributed by atoms with Gasteiger partial charge in [0.05, 0.1) is 16.8 Å². The molecule has 0 fully saturated rings. The summed E-state index contributed by atoms with van der Waals surface area (Å²) in [5.74, 6) is -0.992. The van der Waals surface area contributed by atoms with E-state index in [2.05, 4.69) is 15.6 Å². The Balaban J connectivity index is 1.81. The van der Waals surface area contributed by atoms with Gasteiger partial charge in [0.15, 0.2) is 5.78 Å². The van der Waals surface area contributed by atoms with E-state index in [9.17, 15) is 19.7 Å². The minimum atomic E-state index is -0.618. The van der Waals surface area contributed by atoms with E-state index in [1.807, 2.05) is 20.8 Å². The van der Waals surface area contributed by atoms with E-state index in [0.717, 1.165) is 5.70 Å². The van der Waals surface area contributed by atoms with Crippen LogP contribution in [-0.2, 0) is 9.59 Å². The number of anilines is 1. The first-order chi connectivity index (χ1) is 15.2. The predicted octanol–water partition coefficient (Wildman–Crippen LogP) is 4.23. The number of pyridine rings is 1. The number of carbonyl (C=O) groups excluding carboxylic acids is 2. The zero-order chi connectivity index (χ0) is 23.0. The number of carbonyl (C=O) groups is 2. The normalized spacial score (nSPS) is 19.8. The fourth-order valence-electron chi connectivity index (χ4n) is 4.49. The summed E-state index contributed by atoms with van der Waals surface area (Å²) in [5.41, 5.74) is 3.39. The molecule has 0 saturated carbocycles. The Labute approximate surface area is 185 Å². The number of nitro benzene ring substituents is 1. The number of hydrogen-bond acceptors (Lipinski definition) is 6. The molecule has 164 valence electrons. The van der Waals surface area contributed by atoms with Gasteiger partial charge in [0.25, 0.3) is 11.6 Å². The van der Waals surface area contributed by atoms with Crippen molar-refractivity contribution in [1.29, 1.82) is 0 Å². The topological polar surface area (TPSA) is 114 Å². The summed E-state index contributed by atoms with van der Waals surface area (Å²) in [5, 5.41) is 17.3. The van der Waals surface area contributed by atoms with Gasteiger partial charge >= 0.3 is 0 Å². The number of hydrogen-bond donors (Lipinski definition) is 2. The molecule has 1 aliphatic carbocycles. The lowest BCUT2D eigenvalue weighted by molar-refractivity contribution is -0.384. The van der Waals surface area contributed by atoms with E-state index < -0.39 is 10.8 Å². The first-order valence-corrected chi connectivity index (χ1v) is 10.4. The Morgan fingerprint density at radius 1 is 1.22 bits per heavy atom. The third kappa shape index (κ3) is 4.03. The lowest BCUT2D eigenvalue weighted by atomic mass is 9.68. The van der Waals surface area contributed by atoms with Crippen LogP contribution in [0.5, 0.6) is 0 Å². The number of dihydropyridines is 1. The van der Waals surface area contributed by atoms with Crippen molar-refractivity contribution < 1.29 is 14.5 Å². The Morgan fingerprint density at radius 2 is 1.94 bits per heavy atom. The zero-order valence-electron chi connectivity index (χ0n) is 18.1. The number of nitro groups is 1. The van der Waals surface area contributed by atoms with E-state index >= 15 is 0 Å². The van der Waals surface area contributed by atoms with Gasteiger partial charge in [-0.2, -0.15) is 0 Å². The van der Waals surface area contributed by atoms with E-state index in [-0.39, 0.29) is 22.8 Å². The van der Waals surface area contributed by atoms with Crippen molar-refractivity contribution in [2.75, 3.05) is 5.32 Å². The maximum Gasteiger partial charge on any atom is 0.269 e. The molecule has 2 N–H and O–H groups in total. The van der Waals surface area contributed by atoms with Crippen LogP contribution in [0, 0.1) is 15.5 Å². The predicted molar refractivity (Wildman–Crippen MR) is 120 cm³/mol. The molecular formula is C24H24N4O4. The third-order valence-corrected chi connectivity index (χ3v) is 5.84. The molecule has 8 heteroatoms. The highest BCUT2D eigenvalue weighted by Crippen LogP contribution is 2.46. The van der Waals surface area contributed by atoms with Crippen molar-refractivity contribution >= 4 is 23.1 Å². The largest absolute Gasteiger partial charge is 0.362 e. The molecule has 0 saturated heterocycles. The Hall–Kier alpha value is -3.81. The van der Waals surface area contributed by atoms with Gasteiger partial charge < -0.3 is 10.6 Å². The Kier molecular flexibility index (Phi) is 5.38. The molecule has 2 heterocycles. The highest BCUT2D eigenvalue weighted by atomic mass is 16.6. The molecule has 1 aromatic heterocycles. The first-order valence-electron chi connectivity index (χ1n) is 10.4. The number of amides is 1. The van der Waals surface area contributed by atoms with Gasteiger partial charge in [0.2, 0.25) is 0 Å². The molecule has 2 aromatic rings. The quantitative estimate of drug-likeness (QED) is 0.552. The van der Waals surface area contributed by atoms with Gasteiger partial charge in [0, 0.05) is 53.2 Å². The summed E-state index contributed by atoms with van der Waals surface area (Å²) >= 11 is 0. The van der Waals surface area contributed by atoms with Crippen molar-refractivity contribution in [2.45, 2.75) is 39.5 Å². The fraction of sp³-hybridized carbons (Fsp3) is 0.292. The number of aromatic nitrogens is 1. The summed E-state index contributed by atoms with van der Waals surface area (Å²) < 4.78 is 0. The Bertz CT molecular complexity index is 1160. The van der Waals surface area contributed by atoms with Crippen LogP contribution >= 0.6 is 0 Å². The summed E-state index contributed by atoms with van der Waals surface area (Å²) in [4.78, 5) is 41.3. The lowest BCUT2D eigenvalue weighted by Gasteiger charge is -2.39. The second-order valence-corrected chi connectivity index (χ2v) is 8.97. The molecule has 1 unspecified atom stereocenters. The van der Waals surface area contributed by atoms with Crippen LogP contribution in [-0.4, -0.2) is 21.6 Å². The van der Waals surface area contributed by atoms with Crippen molar-refractivity contribution in [1.82, 2.24) is 10.3 Å². The highest BCUT2D eigenvalue weighted by Gasteiger charge is 2.42. The molecule has 0 bridgehead atoms. The van der Waals surface area contributed by atoms with Crippen molar-refractivity contribution in [3.05, 3.63) is 87.0 Å². The maximum absolute atomic E-state index is 13.4. The van der Waals surface area contributed by atoms with E-state index in [4.69, 9.17) is 0 Å². The van der Waals surface area contributed by atoms with Crippen molar-refractivity contribution in [3.8, 4) is 0 Å². The molecule has 32 heavy (non-hydrogen) atoms. The van der Waals surface area contributed by atoms with Crippen LogP contribution in [0.3, 0.4) is 0 Å². The van der Waals surface area contributed by atoms with E-state index in [0.29, 0.717) is 40.9 Å². The third-order valence-electron chi connectivity index (χ3n) is 5.84. The fourth-order valence-corrected chi connectivity index (χ4v) is 4.49. The second kappa shape index (κ2) is 8.03. The molecular weight excluding hydrogens is 408 g/mol. The second-order valence-electron chi connectivity index (χ2n) is 8.97. The van der Waals surface area contributed by atoms with Crippen molar-refractivity contribution in [3.63, 3.8) is 0 Å². The van der Waals surface area contributed by atoms with Crippen LogP contribution in [0.1, 0.15) is 45.1 Å². The van der Waals surface area contributed by atoms with Gasteiger partial charge in [-0.05, 0) is 36.5 Å². The van der Waals surface area contributed by atoms with Gasteiger partial charge in [-0.1, -0.05) is 26.0 Å². The lowest BCUT2D eigenvalue weighted by Crippen LogP contribution is -2.39. The van der Waals surface area contributed by atoms with Crippen molar-refractivity contribution in [2.24, 2.45) is 5.41 Å². The van der Waals surface area contributed by atoms with Gasteiger partial charge in [0.1, 0.15) is 0 Å². The van der Waals surface area contributed by atoms with Crippen LogP contribution < -0.4 is 10.6 Å². The number of nitrogens with one attached hydrogen (secondary N) is 2. The summed E-state index contributed by atoms with van der Waals surface area (Å²) in [6.07, 6.45) is 4.20. The Morgan fingerprint density at radius 3 is 2.56 bits per heavy atom. The van der Waals surface area contributed by atoms with Crippen LogP contribution in [0.25, 0.3) is 0 Å². The molecule has 0 spiro atoms. The molecule has 1 atom stereocenters. The average molecular weight is 432 g/mol. The smallest absolute Gasteiger partial charge is 0.269 e. The molecule has 0 radical (unpaired) electrons. The molecule has 1 amide bonds.